The molecule has 3 rings (SSSR count). The fourth-order valence-electron chi connectivity index (χ4n) is 2.99. The molecule has 28 heavy (non-hydrogen) atoms. The van der Waals surface area contributed by atoms with Gasteiger partial charge in [-0.3, -0.25) is 4.79 Å². The van der Waals surface area contributed by atoms with Crippen LogP contribution in [0.5, 0.6) is 11.5 Å². The van der Waals surface area contributed by atoms with Gasteiger partial charge in [0.2, 0.25) is 0 Å². The fourth-order valence-corrected chi connectivity index (χ4v) is 2.99. The molecular formula is C23H25N2O3+. The zero-order valence-corrected chi connectivity index (χ0v) is 16.1. The number of ether oxygens (including phenoxy) is 2. The Hall–Kier alpha value is -3.31. The number of amides is 1. The highest BCUT2D eigenvalue weighted by atomic mass is 16.5. The van der Waals surface area contributed by atoms with E-state index in [9.17, 15) is 4.79 Å². The number of methoxy groups -OCH3 is 2. The minimum atomic E-state index is -0.366. The summed E-state index contributed by atoms with van der Waals surface area (Å²) in [6.07, 6.45) is 0. The Morgan fingerprint density at radius 1 is 0.893 bits per heavy atom. The third-order valence-electron chi connectivity index (χ3n) is 4.53. The van der Waals surface area contributed by atoms with Gasteiger partial charge in [0.1, 0.15) is 18.0 Å². The third kappa shape index (κ3) is 5.11. The normalized spacial score (nSPS) is 11.5. The molecule has 5 heteroatoms. The van der Waals surface area contributed by atoms with Crippen molar-refractivity contribution in [1.29, 1.82) is 0 Å². The van der Waals surface area contributed by atoms with Gasteiger partial charge in [-0.2, -0.15) is 0 Å². The molecule has 0 heterocycles. The summed E-state index contributed by atoms with van der Waals surface area (Å²) >= 11 is 0. The van der Waals surface area contributed by atoms with Crippen LogP contribution >= 0.6 is 0 Å². The van der Waals surface area contributed by atoms with Crippen LogP contribution in [0.25, 0.3) is 0 Å². The molecule has 0 aromatic heterocycles. The van der Waals surface area contributed by atoms with E-state index in [0.717, 1.165) is 16.9 Å². The Bertz CT molecular complexity index is 895. The number of nitrogens with one attached hydrogen (secondary N) is 1. The zero-order valence-electron chi connectivity index (χ0n) is 16.1. The number of nitrogens with two attached hydrogens (primary N) is 1. The number of rotatable bonds is 8. The van der Waals surface area contributed by atoms with Gasteiger partial charge in [-0.15, -0.1) is 0 Å². The van der Waals surface area contributed by atoms with Crippen molar-refractivity contribution in [1.82, 2.24) is 0 Å². The number of carbonyl (C=O) groups is 1. The molecule has 0 radical (unpaired) electrons. The van der Waals surface area contributed by atoms with Crippen LogP contribution < -0.4 is 20.1 Å². The fraction of sp³-hybridized carbons (Fsp3) is 0.174. The molecule has 3 aromatic rings. The van der Waals surface area contributed by atoms with Crippen molar-refractivity contribution in [3.63, 3.8) is 0 Å². The topological polar surface area (TPSA) is 64.2 Å². The van der Waals surface area contributed by atoms with E-state index in [2.05, 4.69) is 5.32 Å². The van der Waals surface area contributed by atoms with Gasteiger partial charge in [0.25, 0.3) is 5.91 Å². The van der Waals surface area contributed by atoms with Crippen LogP contribution in [-0.4, -0.2) is 20.1 Å². The molecule has 0 bridgehead atoms. The Balaban J connectivity index is 1.75. The summed E-state index contributed by atoms with van der Waals surface area (Å²) in [6.45, 7) is 0.676. The number of benzene rings is 3. The van der Waals surface area contributed by atoms with E-state index in [1.807, 2.05) is 84.2 Å². The van der Waals surface area contributed by atoms with E-state index < -0.39 is 0 Å². The second-order valence-corrected chi connectivity index (χ2v) is 6.40. The Morgan fingerprint density at radius 2 is 1.61 bits per heavy atom. The maximum atomic E-state index is 13.0. The number of anilines is 1. The van der Waals surface area contributed by atoms with Gasteiger partial charge >= 0.3 is 0 Å². The van der Waals surface area contributed by atoms with E-state index in [1.54, 1.807) is 14.2 Å². The van der Waals surface area contributed by atoms with E-state index >= 15 is 0 Å². The number of quaternary nitrogens is 1. The number of hydrogen-bond acceptors (Lipinski definition) is 3. The van der Waals surface area contributed by atoms with Crippen LogP contribution in [-0.2, 0) is 11.3 Å². The van der Waals surface area contributed by atoms with Crippen LogP contribution in [0, 0.1) is 0 Å². The van der Waals surface area contributed by atoms with E-state index in [0.29, 0.717) is 18.0 Å². The lowest BCUT2D eigenvalue weighted by Gasteiger charge is -2.16. The van der Waals surface area contributed by atoms with E-state index in [1.165, 1.54) is 0 Å². The lowest BCUT2D eigenvalue weighted by Crippen LogP contribution is -2.85. The molecule has 0 aliphatic heterocycles. The largest absolute Gasteiger partial charge is 0.497 e. The maximum Gasteiger partial charge on any atom is 0.287 e. The van der Waals surface area contributed by atoms with Gasteiger partial charge in [-0.25, -0.2) is 0 Å². The van der Waals surface area contributed by atoms with Crippen molar-refractivity contribution in [2.45, 2.75) is 12.6 Å². The molecule has 0 saturated heterocycles. The van der Waals surface area contributed by atoms with Crippen molar-refractivity contribution < 1.29 is 19.6 Å². The highest BCUT2D eigenvalue weighted by Gasteiger charge is 2.24. The first-order valence-electron chi connectivity index (χ1n) is 9.15. The van der Waals surface area contributed by atoms with Crippen LogP contribution in [0.15, 0.2) is 78.9 Å². The van der Waals surface area contributed by atoms with Crippen LogP contribution in [0.3, 0.4) is 0 Å². The lowest BCUT2D eigenvalue weighted by atomic mass is 10.1. The molecule has 0 aliphatic rings. The molecule has 3 aromatic carbocycles. The average molecular weight is 377 g/mol. The third-order valence-corrected chi connectivity index (χ3v) is 4.53. The standard InChI is InChI=1S/C23H24N2O3/c1-27-20-13-11-17(12-14-20)16-24-22(18-7-4-3-5-8-18)23(26)25-19-9-6-10-21(15-19)28-2/h3-15,22,24H,16H2,1-2H3,(H,25,26)/p+1/t22-/m1/s1. The number of carbonyl (C=O) groups excluding carboxylic acids is 1. The van der Waals surface area contributed by atoms with Crippen LogP contribution in [0.4, 0.5) is 5.69 Å². The van der Waals surface area contributed by atoms with Gasteiger partial charge in [0, 0.05) is 22.9 Å². The summed E-state index contributed by atoms with van der Waals surface area (Å²) in [6, 6.07) is 24.7. The van der Waals surface area contributed by atoms with E-state index in [-0.39, 0.29) is 11.9 Å². The molecule has 0 aliphatic carbocycles. The minimum absolute atomic E-state index is 0.0760. The van der Waals surface area contributed by atoms with Crippen LogP contribution in [0.1, 0.15) is 17.2 Å². The van der Waals surface area contributed by atoms with Gasteiger partial charge in [0.05, 0.1) is 14.2 Å². The van der Waals surface area contributed by atoms with E-state index in [4.69, 9.17) is 9.47 Å². The first kappa shape index (κ1) is 19.5. The predicted molar refractivity (Wildman–Crippen MR) is 109 cm³/mol. The summed E-state index contributed by atoms with van der Waals surface area (Å²) in [5.74, 6) is 1.45. The highest BCUT2D eigenvalue weighted by Crippen LogP contribution is 2.19. The Labute approximate surface area is 165 Å². The number of hydrogen-bond donors (Lipinski definition) is 2. The molecule has 1 atom stereocenters. The van der Waals surface area contributed by atoms with Crippen LogP contribution in [0.2, 0.25) is 0 Å². The molecule has 0 fully saturated rings. The monoisotopic (exact) mass is 377 g/mol. The predicted octanol–water partition coefficient (Wildman–Crippen LogP) is 3.15. The summed E-state index contributed by atoms with van der Waals surface area (Å²) in [7, 11) is 3.26. The quantitative estimate of drug-likeness (QED) is 0.634. The molecule has 1 amide bonds. The summed E-state index contributed by atoms with van der Waals surface area (Å²) < 4.78 is 10.4. The molecule has 0 spiro atoms. The molecule has 144 valence electrons. The molecule has 0 unspecified atom stereocenters. The highest BCUT2D eigenvalue weighted by molar-refractivity contribution is 5.94. The summed E-state index contributed by atoms with van der Waals surface area (Å²) in [5, 5.41) is 5.03. The van der Waals surface area contributed by atoms with Crippen molar-refractivity contribution in [3.8, 4) is 11.5 Å². The minimum Gasteiger partial charge on any atom is -0.497 e. The molecule has 3 N–H and O–H groups in total. The Kier molecular flexibility index (Phi) is 6.65. The van der Waals surface area contributed by atoms with Crippen molar-refractivity contribution in [2.75, 3.05) is 19.5 Å². The Morgan fingerprint density at radius 3 is 2.29 bits per heavy atom. The van der Waals surface area contributed by atoms with Crippen molar-refractivity contribution in [3.05, 3.63) is 90.0 Å². The summed E-state index contributed by atoms with van der Waals surface area (Å²) in [4.78, 5) is 13.0. The van der Waals surface area contributed by atoms with Crippen molar-refractivity contribution in [2.24, 2.45) is 0 Å². The lowest BCUT2D eigenvalue weighted by molar-refractivity contribution is -0.697. The second-order valence-electron chi connectivity index (χ2n) is 6.40. The first-order valence-corrected chi connectivity index (χ1v) is 9.15. The molecule has 5 nitrogen and oxygen atoms in total. The summed E-state index contributed by atoms with van der Waals surface area (Å²) in [5.41, 5.74) is 2.79. The maximum absolute atomic E-state index is 13.0. The van der Waals surface area contributed by atoms with Crippen molar-refractivity contribution >= 4 is 11.6 Å². The second kappa shape index (κ2) is 9.58. The smallest absolute Gasteiger partial charge is 0.287 e. The first-order chi connectivity index (χ1) is 13.7. The SMILES string of the molecule is COc1ccc(C[NH2+][C@@H](C(=O)Nc2cccc(OC)c2)c2ccccc2)cc1. The van der Waals surface area contributed by atoms with Gasteiger partial charge in [0.15, 0.2) is 6.04 Å². The van der Waals surface area contributed by atoms with Gasteiger partial charge in [-0.1, -0.05) is 36.4 Å². The van der Waals surface area contributed by atoms with Gasteiger partial charge in [-0.05, 0) is 36.4 Å². The van der Waals surface area contributed by atoms with Gasteiger partial charge < -0.3 is 20.1 Å². The average Bonchev–Trinajstić information content (AvgIpc) is 2.75. The molecular weight excluding hydrogens is 352 g/mol. The zero-order chi connectivity index (χ0) is 19.8. The molecule has 0 saturated carbocycles.